The quantitative estimate of drug-likeness (QED) is 0.597. The maximum Gasteiger partial charge on any atom is 0.144 e. The van der Waals surface area contributed by atoms with Crippen LogP contribution in [0.25, 0.3) is 0 Å². The van der Waals surface area contributed by atoms with Crippen LogP contribution in [0, 0.1) is 16.0 Å². The second kappa shape index (κ2) is 3.24. The van der Waals surface area contributed by atoms with E-state index in [1.165, 1.54) is 0 Å². The first-order valence-electron chi connectivity index (χ1n) is 2.98. The van der Waals surface area contributed by atoms with Gasteiger partial charge in [-0.1, -0.05) is 5.92 Å². The van der Waals surface area contributed by atoms with Crippen molar-refractivity contribution < 1.29 is 5.11 Å². The summed E-state index contributed by atoms with van der Waals surface area (Å²) >= 11 is 2.03. The first kappa shape index (κ1) is 8.56. The van der Waals surface area contributed by atoms with E-state index in [0.717, 1.165) is 3.70 Å². The van der Waals surface area contributed by atoms with Gasteiger partial charge in [0.1, 0.15) is 9.80 Å². The molecule has 0 aliphatic rings. The third-order valence-electron chi connectivity index (χ3n) is 1.26. The molecule has 0 saturated heterocycles. The number of terminal acetylenes is 1. The third-order valence-corrected chi connectivity index (χ3v) is 2.10. The summed E-state index contributed by atoms with van der Waals surface area (Å²) in [5.74, 6) is 2.23. The van der Waals surface area contributed by atoms with Crippen molar-refractivity contribution in [2.24, 2.45) is 7.05 Å². The first-order chi connectivity index (χ1) is 5.15. The number of rotatable bonds is 1. The van der Waals surface area contributed by atoms with Gasteiger partial charge in [-0.15, -0.1) is 6.42 Å². The number of hydrogen-bond acceptors (Lipinski definition) is 2. The van der Waals surface area contributed by atoms with Gasteiger partial charge in [-0.25, -0.2) is 0 Å². The van der Waals surface area contributed by atoms with Crippen LogP contribution in [0.3, 0.4) is 0 Å². The lowest BCUT2D eigenvalue weighted by Gasteiger charge is -1.97. The van der Waals surface area contributed by atoms with Gasteiger partial charge in [-0.05, 0) is 22.6 Å². The minimum absolute atomic E-state index is 0.690. The molecule has 4 heteroatoms. The zero-order valence-electron chi connectivity index (χ0n) is 5.95. The van der Waals surface area contributed by atoms with E-state index < -0.39 is 6.10 Å². The third kappa shape index (κ3) is 1.73. The van der Waals surface area contributed by atoms with Gasteiger partial charge >= 0.3 is 0 Å². The highest BCUT2D eigenvalue weighted by atomic mass is 127. The van der Waals surface area contributed by atoms with E-state index in [2.05, 4.69) is 11.0 Å². The van der Waals surface area contributed by atoms with Crippen molar-refractivity contribution in [3.05, 3.63) is 15.5 Å². The Bertz CT molecular complexity index is 300. The molecule has 0 spiro atoms. The highest BCUT2D eigenvalue weighted by Crippen LogP contribution is 2.16. The Balaban J connectivity index is 3.05. The number of halogens is 1. The van der Waals surface area contributed by atoms with Crippen LogP contribution in [0.2, 0.25) is 0 Å². The fourth-order valence-electron chi connectivity index (χ4n) is 0.753. The molecule has 0 aromatic carbocycles. The van der Waals surface area contributed by atoms with E-state index in [1.54, 1.807) is 17.9 Å². The lowest BCUT2D eigenvalue weighted by atomic mass is 10.2. The van der Waals surface area contributed by atoms with E-state index in [-0.39, 0.29) is 0 Å². The highest BCUT2D eigenvalue weighted by Gasteiger charge is 2.10. The van der Waals surface area contributed by atoms with Crippen LogP contribution in [0.1, 0.15) is 11.7 Å². The van der Waals surface area contributed by atoms with Gasteiger partial charge in [0.05, 0.1) is 0 Å². The number of aryl methyl sites for hydroxylation is 1. The van der Waals surface area contributed by atoms with Gasteiger partial charge in [-0.3, -0.25) is 4.68 Å². The fourth-order valence-corrected chi connectivity index (χ4v) is 1.53. The molecule has 1 heterocycles. The Kier molecular flexibility index (Phi) is 2.52. The van der Waals surface area contributed by atoms with Crippen molar-refractivity contribution in [3.63, 3.8) is 0 Å². The number of aromatic nitrogens is 2. The number of aliphatic hydroxyl groups is 1. The van der Waals surface area contributed by atoms with Crippen molar-refractivity contribution >= 4 is 22.6 Å². The largest absolute Gasteiger partial charge is 0.376 e. The van der Waals surface area contributed by atoms with Crippen molar-refractivity contribution in [2.75, 3.05) is 0 Å². The van der Waals surface area contributed by atoms with Crippen LogP contribution in [-0.2, 0) is 7.05 Å². The molecule has 1 aromatic rings. The molecule has 0 radical (unpaired) electrons. The minimum Gasteiger partial charge on any atom is -0.376 e. The predicted molar refractivity (Wildman–Crippen MR) is 49.7 cm³/mol. The molecule has 0 aliphatic carbocycles. The molecule has 1 aromatic heterocycles. The Hall–Kier alpha value is -0.540. The summed E-state index contributed by atoms with van der Waals surface area (Å²) in [5.41, 5.74) is 0.690. The maximum absolute atomic E-state index is 9.23. The van der Waals surface area contributed by atoms with Gasteiger partial charge in [0.2, 0.25) is 0 Å². The summed E-state index contributed by atoms with van der Waals surface area (Å²) in [7, 11) is 1.79. The normalized spacial score (nSPS) is 12.5. The van der Waals surface area contributed by atoms with Gasteiger partial charge in [0.25, 0.3) is 0 Å². The Morgan fingerprint density at radius 1 is 1.91 bits per heavy atom. The molecule has 0 bridgehead atoms. The topological polar surface area (TPSA) is 38.0 Å². The number of nitrogens with zero attached hydrogens (tertiary/aromatic N) is 2. The van der Waals surface area contributed by atoms with Gasteiger partial charge in [-0.2, -0.15) is 5.10 Å². The molecule has 1 N–H and O–H groups in total. The van der Waals surface area contributed by atoms with Crippen LogP contribution >= 0.6 is 22.6 Å². The van der Waals surface area contributed by atoms with Crippen molar-refractivity contribution in [1.82, 2.24) is 9.78 Å². The zero-order valence-corrected chi connectivity index (χ0v) is 8.11. The molecule has 3 nitrogen and oxygen atoms in total. The number of hydrogen-bond donors (Lipinski definition) is 1. The standard InChI is InChI=1S/C7H7IN2O/c1-3-6(11)5-4-10(2)9-7(5)8/h1,4,6,11H,2H3. The van der Waals surface area contributed by atoms with Gasteiger partial charge in [0, 0.05) is 18.8 Å². The summed E-state index contributed by atoms with van der Waals surface area (Å²) in [6.45, 7) is 0. The molecule has 1 unspecified atom stereocenters. The van der Waals surface area contributed by atoms with Crippen molar-refractivity contribution in [3.8, 4) is 12.3 Å². The van der Waals surface area contributed by atoms with Crippen molar-refractivity contribution in [1.29, 1.82) is 0 Å². The molecule has 58 valence electrons. The summed E-state index contributed by atoms with van der Waals surface area (Å²) in [6.07, 6.45) is 5.92. The van der Waals surface area contributed by atoms with E-state index >= 15 is 0 Å². The molecule has 0 aliphatic heterocycles. The minimum atomic E-state index is -0.837. The number of aliphatic hydroxyl groups excluding tert-OH is 1. The van der Waals surface area contributed by atoms with E-state index in [0.29, 0.717) is 5.56 Å². The molecule has 0 fully saturated rings. The maximum atomic E-state index is 9.23. The molecule has 1 rings (SSSR count). The van der Waals surface area contributed by atoms with E-state index in [4.69, 9.17) is 6.42 Å². The van der Waals surface area contributed by atoms with E-state index in [9.17, 15) is 5.11 Å². The molecular formula is C7H7IN2O. The Morgan fingerprint density at radius 3 is 2.91 bits per heavy atom. The first-order valence-corrected chi connectivity index (χ1v) is 4.06. The van der Waals surface area contributed by atoms with Crippen LogP contribution < -0.4 is 0 Å². The average Bonchev–Trinajstić information content (AvgIpc) is 2.28. The second-order valence-electron chi connectivity index (χ2n) is 2.12. The smallest absolute Gasteiger partial charge is 0.144 e. The summed E-state index contributed by atoms with van der Waals surface area (Å²) in [4.78, 5) is 0. The summed E-state index contributed by atoms with van der Waals surface area (Å²) in [5, 5.41) is 13.3. The molecule has 11 heavy (non-hydrogen) atoms. The lowest BCUT2D eigenvalue weighted by Crippen LogP contribution is -1.92. The fraction of sp³-hybridized carbons (Fsp3) is 0.286. The molecule has 1 atom stereocenters. The van der Waals surface area contributed by atoms with Crippen LogP contribution in [0.5, 0.6) is 0 Å². The van der Waals surface area contributed by atoms with Crippen LogP contribution in [0.4, 0.5) is 0 Å². The monoisotopic (exact) mass is 262 g/mol. The van der Waals surface area contributed by atoms with Crippen LogP contribution in [0.15, 0.2) is 6.20 Å². The van der Waals surface area contributed by atoms with Crippen LogP contribution in [-0.4, -0.2) is 14.9 Å². The molecule has 0 saturated carbocycles. The Morgan fingerprint density at radius 2 is 2.55 bits per heavy atom. The Labute approximate surface area is 78.6 Å². The summed E-state index contributed by atoms with van der Waals surface area (Å²) in [6, 6.07) is 0. The summed E-state index contributed by atoms with van der Waals surface area (Å²) < 4.78 is 2.37. The molecular weight excluding hydrogens is 255 g/mol. The SMILES string of the molecule is C#CC(O)c1cn(C)nc1I. The lowest BCUT2D eigenvalue weighted by molar-refractivity contribution is 0.237. The highest BCUT2D eigenvalue weighted by molar-refractivity contribution is 14.1. The molecule has 0 amide bonds. The predicted octanol–water partition coefficient (Wildman–Crippen LogP) is 0.691. The van der Waals surface area contributed by atoms with E-state index in [1.807, 2.05) is 22.6 Å². The second-order valence-corrected chi connectivity index (χ2v) is 3.14. The van der Waals surface area contributed by atoms with Gasteiger partial charge < -0.3 is 5.11 Å². The average molecular weight is 262 g/mol. The van der Waals surface area contributed by atoms with Gasteiger partial charge in [0.15, 0.2) is 0 Å². The van der Waals surface area contributed by atoms with Crippen molar-refractivity contribution in [2.45, 2.75) is 6.10 Å². The zero-order chi connectivity index (χ0) is 8.43.